The molecule has 0 radical (unpaired) electrons. The Morgan fingerprint density at radius 1 is 1.12 bits per heavy atom. The van der Waals surface area contributed by atoms with E-state index in [-0.39, 0.29) is 5.91 Å². The molecule has 0 atom stereocenters. The number of rotatable bonds is 9. The number of carbonyl (C=O) groups excluding carboxylic acids is 1. The summed E-state index contributed by atoms with van der Waals surface area (Å²) in [4.78, 5) is 10.8. The molecule has 0 heterocycles. The van der Waals surface area contributed by atoms with E-state index in [1.165, 1.54) is 6.92 Å². The Morgan fingerprint density at radius 2 is 1.96 bits per heavy atom. The van der Waals surface area contributed by atoms with E-state index >= 15 is 0 Å². The molecule has 2 rings (SSSR count). The van der Waals surface area contributed by atoms with Gasteiger partial charge in [-0.25, -0.2) is 0 Å². The van der Waals surface area contributed by atoms with Crippen molar-refractivity contribution in [3.63, 3.8) is 0 Å². The van der Waals surface area contributed by atoms with Crippen LogP contribution in [-0.4, -0.2) is 19.0 Å². The van der Waals surface area contributed by atoms with Crippen LogP contribution < -0.4 is 15.4 Å². The van der Waals surface area contributed by atoms with Crippen LogP contribution >= 0.6 is 11.6 Å². The summed E-state index contributed by atoms with van der Waals surface area (Å²) in [5.41, 5.74) is 2.13. The number of hydrogen-bond donors (Lipinski definition) is 2. The fourth-order valence-electron chi connectivity index (χ4n) is 2.23. The lowest BCUT2D eigenvalue weighted by Crippen LogP contribution is -2.24. The van der Waals surface area contributed by atoms with Crippen LogP contribution in [0.1, 0.15) is 24.5 Å². The van der Waals surface area contributed by atoms with Gasteiger partial charge in [-0.05, 0) is 36.7 Å². The molecule has 0 aliphatic rings. The van der Waals surface area contributed by atoms with Gasteiger partial charge in [-0.3, -0.25) is 4.79 Å². The predicted octanol–water partition coefficient (Wildman–Crippen LogP) is 3.53. The second-order valence-electron chi connectivity index (χ2n) is 5.54. The van der Waals surface area contributed by atoms with E-state index in [0.29, 0.717) is 13.2 Å². The third-order valence-corrected chi connectivity index (χ3v) is 3.85. The molecule has 0 aliphatic heterocycles. The van der Waals surface area contributed by atoms with Gasteiger partial charge >= 0.3 is 0 Å². The highest BCUT2D eigenvalue weighted by molar-refractivity contribution is 6.31. The Labute approximate surface area is 148 Å². The monoisotopic (exact) mass is 346 g/mol. The van der Waals surface area contributed by atoms with Crippen molar-refractivity contribution in [3.8, 4) is 5.75 Å². The highest BCUT2D eigenvalue weighted by Gasteiger charge is 2.01. The van der Waals surface area contributed by atoms with Gasteiger partial charge in [0.1, 0.15) is 12.4 Å². The molecule has 0 spiro atoms. The molecular formula is C19H23ClN2O2. The van der Waals surface area contributed by atoms with Crippen molar-refractivity contribution in [2.45, 2.75) is 26.5 Å². The van der Waals surface area contributed by atoms with Gasteiger partial charge in [-0.15, -0.1) is 0 Å². The SMILES string of the molecule is CC(=O)NCCCNCc1cccc(OCc2ccccc2Cl)c1. The molecule has 2 aromatic rings. The minimum atomic E-state index is 0.0124. The first-order chi connectivity index (χ1) is 11.6. The summed E-state index contributed by atoms with van der Waals surface area (Å²) >= 11 is 6.14. The van der Waals surface area contributed by atoms with Crippen LogP contribution in [0.5, 0.6) is 5.75 Å². The first kappa shape index (κ1) is 18.3. The summed E-state index contributed by atoms with van der Waals surface area (Å²) in [5.74, 6) is 0.839. The van der Waals surface area contributed by atoms with Gasteiger partial charge in [-0.1, -0.05) is 41.9 Å². The lowest BCUT2D eigenvalue weighted by atomic mass is 10.2. The molecule has 0 bridgehead atoms. The van der Waals surface area contributed by atoms with E-state index in [4.69, 9.17) is 16.3 Å². The maximum Gasteiger partial charge on any atom is 0.216 e. The van der Waals surface area contributed by atoms with E-state index in [9.17, 15) is 4.79 Å². The van der Waals surface area contributed by atoms with Gasteiger partial charge in [0.25, 0.3) is 0 Å². The topological polar surface area (TPSA) is 50.4 Å². The number of carbonyl (C=O) groups is 1. The molecule has 24 heavy (non-hydrogen) atoms. The van der Waals surface area contributed by atoms with Gasteiger partial charge in [-0.2, -0.15) is 0 Å². The maximum absolute atomic E-state index is 10.8. The van der Waals surface area contributed by atoms with E-state index in [1.54, 1.807) is 0 Å². The molecule has 128 valence electrons. The van der Waals surface area contributed by atoms with Crippen LogP contribution in [0, 0.1) is 0 Å². The van der Waals surface area contributed by atoms with E-state index in [1.807, 2.05) is 42.5 Å². The van der Waals surface area contributed by atoms with Crippen LogP contribution in [-0.2, 0) is 17.9 Å². The summed E-state index contributed by atoms with van der Waals surface area (Å²) in [7, 11) is 0. The van der Waals surface area contributed by atoms with Crippen molar-refractivity contribution in [1.82, 2.24) is 10.6 Å². The van der Waals surface area contributed by atoms with Crippen molar-refractivity contribution in [3.05, 3.63) is 64.7 Å². The highest BCUT2D eigenvalue weighted by Crippen LogP contribution is 2.19. The second-order valence-corrected chi connectivity index (χ2v) is 5.95. The van der Waals surface area contributed by atoms with E-state index < -0.39 is 0 Å². The van der Waals surface area contributed by atoms with Crippen LogP contribution in [0.4, 0.5) is 0 Å². The van der Waals surface area contributed by atoms with Gasteiger partial charge < -0.3 is 15.4 Å². The molecule has 2 aromatic carbocycles. The van der Waals surface area contributed by atoms with Crippen LogP contribution in [0.15, 0.2) is 48.5 Å². The molecule has 4 nitrogen and oxygen atoms in total. The molecule has 1 amide bonds. The molecule has 0 aliphatic carbocycles. The van der Waals surface area contributed by atoms with Crippen LogP contribution in [0.2, 0.25) is 5.02 Å². The molecule has 0 fully saturated rings. The minimum absolute atomic E-state index is 0.0124. The van der Waals surface area contributed by atoms with Crippen molar-refractivity contribution in [2.24, 2.45) is 0 Å². The second kappa shape index (κ2) is 9.96. The van der Waals surface area contributed by atoms with Gasteiger partial charge in [0.05, 0.1) is 0 Å². The predicted molar refractivity (Wildman–Crippen MR) is 97.2 cm³/mol. The van der Waals surface area contributed by atoms with Gasteiger partial charge in [0, 0.05) is 30.6 Å². The molecule has 0 saturated heterocycles. The lowest BCUT2D eigenvalue weighted by molar-refractivity contribution is -0.118. The van der Waals surface area contributed by atoms with Crippen molar-refractivity contribution >= 4 is 17.5 Å². The third kappa shape index (κ3) is 6.60. The average Bonchev–Trinajstić information content (AvgIpc) is 2.57. The Hall–Kier alpha value is -2.04. The standard InChI is InChI=1S/C19H23ClN2O2/c1-15(23)22-11-5-10-21-13-16-6-4-8-18(12-16)24-14-17-7-2-3-9-19(17)20/h2-4,6-9,12,21H,5,10-11,13-14H2,1H3,(H,22,23). The van der Waals surface area contributed by atoms with Crippen LogP contribution in [0.25, 0.3) is 0 Å². The largest absolute Gasteiger partial charge is 0.489 e. The number of halogens is 1. The number of ether oxygens (including phenoxy) is 1. The highest BCUT2D eigenvalue weighted by atomic mass is 35.5. The Kier molecular flexibility index (Phi) is 7.59. The number of hydrogen-bond acceptors (Lipinski definition) is 3. The van der Waals surface area contributed by atoms with E-state index in [0.717, 1.165) is 41.4 Å². The summed E-state index contributed by atoms with van der Waals surface area (Å²) in [6.45, 7) is 4.30. The zero-order chi connectivity index (χ0) is 17.2. The molecule has 0 aromatic heterocycles. The van der Waals surface area contributed by atoms with E-state index in [2.05, 4.69) is 16.7 Å². The maximum atomic E-state index is 10.8. The molecule has 0 saturated carbocycles. The minimum Gasteiger partial charge on any atom is -0.489 e. The molecule has 5 heteroatoms. The number of amides is 1. The Bertz CT molecular complexity index is 661. The summed E-state index contributed by atoms with van der Waals surface area (Å²) in [5, 5.41) is 6.86. The molecule has 2 N–H and O–H groups in total. The normalized spacial score (nSPS) is 10.4. The van der Waals surface area contributed by atoms with Gasteiger partial charge in [0.15, 0.2) is 0 Å². The Morgan fingerprint density at radius 3 is 2.75 bits per heavy atom. The first-order valence-electron chi connectivity index (χ1n) is 8.05. The zero-order valence-corrected chi connectivity index (χ0v) is 14.6. The summed E-state index contributed by atoms with van der Waals surface area (Å²) in [6, 6.07) is 15.7. The van der Waals surface area contributed by atoms with Crippen LogP contribution in [0.3, 0.4) is 0 Å². The lowest BCUT2D eigenvalue weighted by Gasteiger charge is -2.10. The third-order valence-electron chi connectivity index (χ3n) is 3.48. The van der Waals surface area contributed by atoms with Gasteiger partial charge in [0.2, 0.25) is 5.91 Å². The molecule has 0 unspecified atom stereocenters. The van der Waals surface area contributed by atoms with Crippen molar-refractivity contribution in [2.75, 3.05) is 13.1 Å². The molecular weight excluding hydrogens is 324 g/mol. The van der Waals surface area contributed by atoms with Crippen molar-refractivity contribution in [1.29, 1.82) is 0 Å². The Balaban J connectivity index is 1.75. The fraction of sp³-hybridized carbons (Fsp3) is 0.316. The number of nitrogens with one attached hydrogen (secondary N) is 2. The fourth-order valence-corrected chi connectivity index (χ4v) is 2.42. The number of benzene rings is 2. The quantitative estimate of drug-likeness (QED) is 0.683. The zero-order valence-electron chi connectivity index (χ0n) is 13.8. The van der Waals surface area contributed by atoms with Crippen molar-refractivity contribution < 1.29 is 9.53 Å². The summed E-state index contributed by atoms with van der Waals surface area (Å²) < 4.78 is 5.83. The summed E-state index contributed by atoms with van der Waals surface area (Å²) in [6.07, 6.45) is 0.905. The average molecular weight is 347 g/mol. The first-order valence-corrected chi connectivity index (χ1v) is 8.43. The smallest absolute Gasteiger partial charge is 0.216 e.